The van der Waals surface area contributed by atoms with Gasteiger partial charge in [0.25, 0.3) is 0 Å². The van der Waals surface area contributed by atoms with Crippen molar-refractivity contribution in [2.45, 2.75) is 6.92 Å². The summed E-state index contributed by atoms with van der Waals surface area (Å²) in [5, 5.41) is 1.78. The normalized spacial score (nSPS) is 10.3. The van der Waals surface area contributed by atoms with Crippen LogP contribution in [0.2, 0.25) is 5.02 Å². The van der Waals surface area contributed by atoms with Crippen molar-refractivity contribution in [3.63, 3.8) is 0 Å². The van der Waals surface area contributed by atoms with Gasteiger partial charge in [0, 0.05) is 17.7 Å². The van der Waals surface area contributed by atoms with Crippen molar-refractivity contribution in [2.24, 2.45) is 0 Å². The third kappa shape index (κ3) is 2.31. The summed E-state index contributed by atoms with van der Waals surface area (Å²) >= 11 is 6.23. The standard InChI is InChI=1S/C14H13ClO4/c1-8(16)19-14-11(15)12(17-2)9-6-4-5-7-10(9)13(14)18-3/h4-7H,1-3H3. The number of fused-ring (bicyclic) bond motifs is 1. The van der Waals surface area contributed by atoms with Crippen LogP contribution in [0.25, 0.3) is 10.8 Å². The lowest BCUT2D eigenvalue weighted by atomic mass is 10.1. The highest BCUT2D eigenvalue weighted by Crippen LogP contribution is 2.48. The number of hydrogen-bond donors (Lipinski definition) is 0. The van der Waals surface area contributed by atoms with E-state index in [-0.39, 0.29) is 10.8 Å². The van der Waals surface area contributed by atoms with Crippen molar-refractivity contribution in [3.8, 4) is 17.2 Å². The Morgan fingerprint density at radius 1 is 1.00 bits per heavy atom. The van der Waals surface area contributed by atoms with Gasteiger partial charge in [-0.25, -0.2) is 0 Å². The molecule has 0 heterocycles. The van der Waals surface area contributed by atoms with Gasteiger partial charge in [0.05, 0.1) is 14.2 Å². The molecule has 0 aliphatic rings. The quantitative estimate of drug-likeness (QED) is 0.638. The Hall–Kier alpha value is -1.94. The zero-order chi connectivity index (χ0) is 14.0. The van der Waals surface area contributed by atoms with Gasteiger partial charge < -0.3 is 14.2 Å². The molecule has 0 aromatic heterocycles. The number of methoxy groups -OCH3 is 2. The number of rotatable bonds is 3. The maximum absolute atomic E-state index is 11.2. The van der Waals surface area contributed by atoms with E-state index in [1.807, 2.05) is 24.3 Å². The smallest absolute Gasteiger partial charge is 0.308 e. The minimum Gasteiger partial charge on any atom is -0.494 e. The van der Waals surface area contributed by atoms with E-state index in [0.29, 0.717) is 11.5 Å². The van der Waals surface area contributed by atoms with Crippen molar-refractivity contribution in [1.82, 2.24) is 0 Å². The van der Waals surface area contributed by atoms with E-state index in [0.717, 1.165) is 10.8 Å². The van der Waals surface area contributed by atoms with Gasteiger partial charge in [0.1, 0.15) is 10.8 Å². The van der Waals surface area contributed by atoms with E-state index in [2.05, 4.69) is 0 Å². The van der Waals surface area contributed by atoms with Crippen LogP contribution in [0.4, 0.5) is 0 Å². The first-order valence-electron chi connectivity index (χ1n) is 5.60. The second-order valence-corrected chi connectivity index (χ2v) is 4.23. The van der Waals surface area contributed by atoms with E-state index in [4.69, 9.17) is 25.8 Å². The Morgan fingerprint density at radius 2 is 1.53 bits per heavy atom. The van der Waals surface area contributed by atoms with Crippen LogP contribution >= 0.6 is 11.6 Å². The van der Waals surface area contributed by atoms with E-state index in [1.165, 1.54) is 21.1 Å². The van der Waals surface area contributed by atoms with Crippen LogP contribution in [0, 0.1) is 0 Å². The Bertz CT molecular complexity index is 637. The van der Waals surface area contributed by atoms with Gasteiger partial charge in [-0.2, -0.15) is 0 Å². The summed E-state index contributed by atoms with van der Waals surface area (Å²) in [6.07, 6.45) is 0. The Balaban J connectivity index is 2.86. The topological polar surface area (TPSA) is 44.8 Å². The Morgan fingerprint density at radius 3 is 2.00 bits per heavy atom. The molecule has 0 unspecified atom stereocenters. The molecule has 0 saturated heterocycles. The van der Waals surface area contributed by atoms with Crippen LogP contribution < -0.4 is 14.2 Å². The molecule has 0 spiro atoms. The molecule has 2 aromatic rings. The summed E-state index contributed by atoms with van der Waals surface area (Å²) < 4.78 is 15.8. The molecule has 0 saturated carbocycles. The van der Waals surface area contributed by atoms with Crippen LogP contribution in [0.3, 0.4) is 0 Å². The van der Waals surface area contributed by atoms with Crippen LogP contribution in [0.5, 0.6) is 17.2 Å². The summed E-state index contributed by atoms with van der Waals surface area (Å²) in [5.74, 6) is 0.565. The number of hydrogen-bond acceptors (Lipinski definition) is 4. The molecule has 0 N–H and O–H groups in total. The van der Waals surface area contributed by atoms with Crippen molar-refractivity contribution in [3.05, 3.63) is 29.3 Å². The summed E-state index contributed by atoms with van der Waals surface area (Å²) in [6.45, 7) is 1.30. The van der Waals surface area contributed by atoms with Crippen LogP contribution in [0.15, 0.2) is 24.3 Å². The maximum atomic E-state index is 11.2. The van der Waals surface area contributed by atoms with E-state index in [9.17, 15) is 4.79 Å². The fourth-order valence-electron chi connectivity index (χ4n) is 1.96. The number of ether oxygens (including phenoxy) is 3. The first-order chi connectivity index (χ1) is 9.10. The molecule has 0 fully saturated rings. The van der Waals surface area contributed by atoms with Crippen molar-refractivity contribution in [1.29, 1.82) is 0 Å². The number of halogens is 1. The SMILES string of the molecule is COc1c(Cl)c(OC(C)=O)c(OC)c2ccccc12. The maximum Gasteiger partial charge on any atom is 0.308 e. The molecular weight excluding hydrogens is 268 g/mol. The largest absolute Gasteiger partial charge is 0.494 e. The fraction of sp³-hybridized carbons (Fsp3) is 0.214. The van der Waals surface area contributed by atoms with Crippen molar-refractivity contribution in [2.75, 3.05) is 14.2 Å². The van der Waals surface area contributed by atoms with Crippen LogP contribution in [0.1, 0.15) is 6.92 Å². The highest BCUT2D eigenvalue weighted by molar-refractivity contribution is 6.35. The van der Waals surface area contributed by atoms with Gasteiger partial charge in [-0.15, -0.1) is 0 Å². The molecule has 0 amide bonds. The molecular formula is C14H13ClO4. The third-order valence-electron chi connectivity index (χ3n) is 2.68. The molecule has 100 valence electrons. The minimum atomic E-state index is -0.475. The number of esters is 1. The molecule has 4 nitrogen and oxygen atoms in total. The fourth-order valence-corrected chi connectivity index (χ4v) is 2.26. The van der Waals surface area contributed by atoms with E-state index >= 15 is 0 Å². The molecule has 2 rings (SSSR count). The number of carbonyl (C=O) groups excluding carboxylic acids is 1. The van der Waals surface area contributed by atoms with Crippen LogP contribution in [-0.4, -0.2) is 20.2 Å². The summed E-state index contributed by atoms with van der Waals surface area (Å²) in [6, 6.07) is 7.43. The van der Waals surface area contributed by atoms with Crippen LogP contribution in [-0.2, 0) is 4.79 Å². The lowest BCUT2D eigenvalue weighted by molar-refractivity contribution is -0.131. The van der Waals surface area contributed by atoms with Gasteiger partial charge in [0.15, 0.2) is 11.5 Å². The zero-order valence-electron chi connectivity index (χ0n) is 10.8. The highest BCUT2D eigenvalue weighted by atomic mass is 35.5. The molecule has 0 atom stereocenters. The second-order valence-electron chi connectivity index (χ2n) is 3.85. The van der Waals surface area contributed by atoms with Crippen molar-refractivity contribution < 1.29 is 19.0 Å². The Kier molecular flexibility index (Phi) is 3.81. The summed E-state index contributed by atoms with van der Waals surface area (Å²) in [5.41, 5.74) is 0. The third-order valence-corrected chi connectivity index (χ3v) is 3.02. The van der Waals surface area contributed by atoms with Gasteiger partial charge in [0.2, 0.25) is 0 Å². The first kappa shape index (κ1) is 13.5. The van der Waals surface area contributed by atoms with E-state index in [1.54, 1.807) is 0 Å². The zero-order valence-corrected chi connectivity index (χ0v) is 11.6. The molecule has 0 aliphatic heterocycles. The predicted molar refractivity (Wildman–Crippen MR) is 73.4 cm³/mol. The average Bonchev–Trinajstić information content (AvgIpc) is 2.39. The number of carbonyl (C=O) groups is 1. The molecule has 2 aromatic carbocycles. The average molecular weight is 281 g/mol. The van der Waals surface area contributed by atoms with Gasteiger partial charge in [-0.05, 0) is 0 Å². The van der Waals surface area contributed by atoms with Gasteiger partial charge in [-0.1, -0.05) is 35.9 Å². The predicted octanol–water partition coefficient (Wildman–Crippen LogP) is 3.44. The van der Waals surface area contributed by atoms with Gasteiger partial charge >= 0.3 is 5.97 Å². The molecule has 5 heteroatoms. The number of benzene rings is 2. The molecule has 19 heavy (non-hydrogen) atoms. The van der Waals surface area contributed by atoms with Gasteiger partial charge in [-0.3, -0.25) is 4.79 Å². The summed E-state index contributed by atoms with van der Waals surface area (Å²) in [4.78, 5) is 11.2. The Labute approximate surface area is 115 Å². The lowest BCUT2D eigenvalue weighted by Crippen LogP contribution is -2.05. The monoisotopic (exact) mass is 280 g/mol. The molecule has 0 bridgehead atoms. The first-order valence-corrected chi connectivity index (χ1v) is 5.98. The minimum absolute atomic E-state index is 0.173. The lowest BCUT2D eigenvalue weighted by Gasteiger charge is -2.16. The molecule has 0 radical (unpaired) electrons. The highest BCUT2D eigenvalue weighted by Gasteiger charge is 2.21. The van der Waals surface area contributed by atoms with E-state index < -0.39 is 5.97 Å². The molecule has 0 aliphatic carbocycles. The second kappa shape index (κ2) is 5.36. The van der Waals surface area contributed by atoms with Crippen molar-refractivity contribution >= 4 is 28.3 Å². The summed E-state index contributed by atoms with van der Waals surface area (Å²) in [7, 11) is 3.01.